The average Bonchev–Trinajstić information content (AvgIpc) is 3.00. The molecule has 0 aliphatic rings. The zero-order chi connectivity index (χ0) is 15.3. The summed E-state index contributed by atoms with van der Waals surface area (Å²) in [5.41, 5.74) is 5.50. The third-order valence-electron chi connectivity index (χ3n) is 3.01. The van der Waals surface area contributed by atoms with Crippen molar-refractivity contribution >= 4 is 28.8 Å². The highest BCUT2D eigenvalue weighted by Gasteiger charge is 2.43. The van der Waals surface area contributed by atoms with E-state index in [0.29, 0.717) is 5.69 Å². The lowest BCUT2D eigenvalue weighted by molar-refractivity contribution is -0.149. The molecule has 0 amide bonds. The highest BCUT2D eigenvalue weighted by molar-refractivity contribution is 7.08. The zero-order valence-corrected chi connectivity index (χ0v) is 12.4. The predicted octanol–water partition coefficient (Wildman–Crippen LogP) is 1.80. The van der Waals surface area contributed by atoms with E-state index in [0.717, 1.165) is 5.56 Å². The molecular weight excluding hydrogens is 288 g/mol. The summed E-state index contributed by atoms with van der Waals surface area (Å²) in [5, 5.41) is 6.49. The minimum atomic E-state index is -1.90. The maximum Gasteiger partial charge on any atom is 0.354 e. The van der Waals surface area contributed by atoms with Gasteiger partial charge < -0.3 is 10.1 Å². The third-order valence-corrected chi connectivity index (χ3v) is 3.74. The number of para-hydroxylation sites is 1. The van der Waals surface area contributed by atoms with E-state index >= 15 is 0 Å². The first kappa shape index (κ1) is 15.2. The minimum Gasteiger partial charge on any atom is -0.466 e. The number of rotatable bonds is 6. The lowest BCUT2D eigenvalue weighted by Gasteiger charge is -2.27. The van der Waals surface area contributed by atoms with Crippen LogP contribution in [0.3, 0.4) is 0 Å². The van der Waals surface area contributed by atoms with Crippen molar-refractivity contribution in [2.24, 2.45) is 5.73 Å². The molecule has 3 N–H and O–H groups in total. The van der Waals surface area contributed by atoms with Crippen LogP contribution in [0.4, 0.5) is 5.69 Å². The van der Waals surface area contributed by atoms with Crippen molar-refractivity contribution in [1.29, 1.82) is 0 Å². The Morgan fingerprint density at radius 1 is 1.29 bits per heavy atom. The van der Waals surface area contributed by atoms with E-state index in [2.05, 4.69) is 10.1 Å². The van der Waals surface area contributed by atoms with Gasteiger partial charge in [0.15, 0.2) is 5.78 Å². The Bertz CT molecular complexity index is 613. The number of nitrogens with one attached hydrogen (secondary N) is 1. The molecule has 21 heavy (non-hydrogen) atoms. The fraction of sp³-hybridized carbons (Fsp3) is 0.200. The Balaban J connectivity index is 2.24. The first-order valence-corrected chi connectivity index (χ1v) is 7.25. The summed E-state index contributed by atoms with van der Waals surface area (Å²) in [6, 6.07) is 10.7. The number of Topliss-reactive ketones (excluding diaryl/α,β-unsaturated/α-hetero) is 1. The van der Waals surface area contributed by atoms with Crippen molar-refractivity contribution in [2.75, 3.05) is 12.4 Å². The van der Waals surface area contributed by atoms with Crippen molar-refractivity contribution in [3.05, 3.63) is 52.7 Å². The van der Waals surface area contributed by atoms with Crippen LogP contribution < -0.4 is 11.1 Å². The average molecular weight is 304 g/mol. The predicted molar refractivity (Wildman–Crippen MR) is 82.0 cm³/mol. The number of benzene rings is 1. The van der Waals surface area contributed by atoms with Crippen LogP contribution in [0.5, 0.6) is 0 Å². The van der Waals surface area contributed by atoms with Crippen molar-refractivity contribution < 1.29 is 14.3 Å². The van der Waals surface area contributed by atoms with E-state index in [1.807, 2.05) is 22.9 Å². The van der Waals surface area contributed by atoms with Gasteiger partial charge in [0.25, 0.3) is 0 Å². The zero-order valence-electron chi connectivity index (χ0n) is 11.5. The molecule has 0 aliphatic carbocycles. The van der Waals surface area contributed by atoms with Gasteiger partial charge in [-0.05, 0) is 34.5 Å². The van der Waals surface area contributed by atoms with E-state index in [9.17, 15) is 9.59 Å². The third kappa shape index (κ3) is 3.48. The van der Waals surface area contributed by atoms with Crippen LogP contribution >= 0.6 is 11.3 Å². The molecule has 0 saturated heterocycles. The fourth-order valence-corrected chi connectivity index (χ4v) is 2.53. The number of ether oxygens (including phenoxy) is 1. The van der Waals surface area contributed by atoms with E-state index in [1.54, 1.807) is 24.3 Å². The smallest absolute Gasteiger partial charge is 0.354 e. The largest absolute Gasteiger partial charge is 0.466 e. The molecule has 2 aromatic rings. The highest BCUT2D eigenvalue weighted by Crippen LogP contribution is 2.17. The van der Waals surface area contributed by atoms with Gasteiger partial charge in [0.05, 0.1) is 7.11 Å². The van der Waals surface area contributed by atoms with Crippen LogP contribution in [0.2, 0.25) is 0 Å². The van der Waals surface area contributed by atoms with Crippen LogP contribution in [-0.2, 0) is 20.7 Å². The van der Waals surface area contributed by atoms with Gasteiger partial charge in [0.2, 0.25) is 5.66 Å². The Hall–Kier alpha value is -2.18. The number of nitrogens with two attached hydrogens (primary N) is 1. The second-order valence-corrected chi connectivity index (χ2v) is 5.30. The fourth-order valence-electron chi connectivity index (χ4n) is 1.86. The van der Waals surface area contributed by atoms with Crippen LogP contribution in [-0.4, -0.2) is 24.5 Å². The second-order valence-electron chi connectivity index (χ2n) is 4.52. The van der Waals surface area contributed by atoms with Crippen molar-refractivity contribution in [3.63, 3.8) is 0 Å². The molecule has 0 fully saturated rings. The summed E-state index contributed by atoms with van der Waals surface area (Å²) in [5.74, 6) is -1.26. The SMILES string of the molecule is COC(=O)[C@@](N)(Nc1ccccc1)C(=O)Cc1ccsc1. The quantitative estimate of drug-likeness (QED) is 0.483. The maximum absolute atomic E-state index is 12.5. The van der Waals surface area contributed by atoms with Gasteiger partial charge in [0, 0.05) is 12.1 Å². The number of esters is 1. The lowest BCUT2D eigenvalue weighted by atomic mass is 9.99. The minimum absolute atomic E-state index is 0.0644. The van der Waals surface area contributed by atoms with Gasteiger partial charge in [0.1, 0.15) is 0 Å². The molecule has 1 heterocycles. The van der Waals surface area contributed by atoms with Crippen LogP contribution in [0.15, 0.2) is 47.2 Å². The summed E-state index contributed by atoms with van der Waals surface area (Å²) >= 11 is 1.48. The van der Waals surface area contributed by atoms with E-state index in [-0.39, 0.29) is 6.42 Å². The van der Waals surface area contributed by atoms with E-state index < -0.39 is 17.4 Å². The molecule has 1 atom stereocenters. The number of methoxy groups -OCH3 is 1. The van der Waals surface area contributed by atoms with Gasteiger partial charge >= 0.3 is 5.97 Å². The first-order chi connectivity index (χ1) is 10.1. The van der Waals surface area contributed by atoms with Gasteiger partial charge in [-0.3, -0.25) is 10.5 Å². The van der Waals surface area contributed by atoms with Crippen LogP contribution in [0.1, 0.15) is 5.56 Å². The van der Waals surface area contributed by atoms with Crippen LogP contribution in [0.25, 0.3) is 0 Å². The molecule has 0 radical (unpaired) electrons. The number of carbonyl (C=O) groups is 2. The van der Waals surface area contributed by atoms with E-state index in [1.165, 1.54) is 18.4 Å². The monoisotopic (exact) mass is 304 g/mol. The molecule has 0 spiro atoms. The van der Waals surface area contributed by atoms with Crippen LogP contribution in [0, 0.1) is 0 Å². The summed E-state index contributed by atoms with van der Waals surface area (Å²) in [4.78, 5) is 24.4. The molecule has 0 saturated carbocycles. The summed E-state index contributed by atoms with van der Waals surface area (Å²) in [7, 11) is 1.20. The van der Waals surface area contributed by atoms with Crippen molar-refractivity contribution in [2.45, 2.75) is 12.1 Å². The second kappa shape index (κ2) is 6.51. The maximum atomic E-state index is 12.5. The molecule has 0 bridgehead atoms. The van der Waals surface area contributed by atoms with Crippen molar-refractivity contribution in [1.82, 2.24) is 0 Å². The van der Waals surface area contributed by atoms with E-state index in [4.69, 9.17) is 5.73 Å². The molecule has 0 unspecified atom stereocenters. The molecular formula is C15H16N2O3S. The van der Waals surface area contributed by atoms with Gasteiger partial charge in [-0.2, -0.15) is 11.3 Å². The Morgan fingerprint density at radius 3 is 2.57 bits per heavy atom. The number of hydrogen-bond acceptors (Lipinski definition) is 6. The van der Waals surface area contributed by atoms with Gasteiger partial charge in [-0.15, -0.1) is 0 Å². The van der Waals surface area contributed by atoms with Gasteiger partial charge in [-0.25, -0.2) is 4.79 Å². The Morgan fingerprint density at radius 2 is 2.00 bits per heavy atom. The molecule has 110 valence electrons. The number of anilines is 1. The molecule has 2 rings (SSSR count). The molecule has 0 aliphatic heterocycles. The van der Waals surface area contributed by atoms with Gasteiger partial charge in [-0.1, -0.05) is 18.2 Å². The highest BCUT2D eigenvalue weighted by atomic mass is 32.1. The standard InChI is InChI=1S/C15H16N2O3S/c1-20-14(19)15(16,17-12-5-3-2-4-6-12)13(18)9-11-7-8-21-10-11/h2-8,10,17H,9,16H2,1H3/t15-/m0/s1. The molecule has 5 nitrogen and oxygen atoms in total. The molecule has 6 heteroatoms. The normalized spacial score (nSPS) is 13.2. The van der Waals surface area contributed by atoms with Crippen molar-refractivity contribution in [3.8, 4) is 0 Å². The summed E-state index contributed by atoms with van der Waals surface area (Å²) in [6.45, 7) is 0. The first-order valence-electron chi connectivity index (χ1n) is 6.31. The summed E-state index contributed by atoms with van der Waals surface area (Å²) in [6.07, 6.45) is 0.0644. The molecule has 1 aromatic heterocycles. The lowest BCUT2D eigenvalue weighted by Crippen LogP contribution is -2.62. The number of carbonyl (C=O) groups excluding carboxylic acids is 2. The number of thiophene rings is 1. The number of hydrogen-bond donors (Lipinski definition) is 2. The summed E-state index contributed by atoms with van der Waals surface area (Å²) < 4.78 is 4.68. The Labute approximate surface area is 126 Å². The molecule has 1 aromatic carbocycles. The topological polar surface area (TPSA) is 81.4 Å². The number of ketones is 1. The Kier molecular flexibility index (Phi) is 4.72.